The molecule has 3 N–H and O–H groups in total. The van der Waals surface area contributed by atoms with E-state index < -0.39 is 0 Å². The van der Waals surface area contributed by atoms with Gasteiger partial charge in [-0.2, -0.15) is 0 Å². The number of carbonyl (C=O) groups is 1. The number of rotatable bonds is 4. The van der Waals surface area contributed by atoms with Crippen LogP contribution in [0.3, 0.4) is 0 Å². The van der Waals surface area contributed by atoms with E-state index in [2.05, 4.69) is 5.32 Å². The maximum Gasteiger partial charge on any atom is 0.223 e. The quantitative estimate of drug-likeness (QED) is 0.891. The Morgan fingerprint density at radius 1 is 1.42 bits per heavy atom. The molecule has 0 radical (unpaired) electrons. The lowest BCUT2D eigenvalue weighted by Crippen LogP contribution is -2.36. The van der Waals surface area contributed by atoms with Crippen LogP contribution < -0.4 is 11.1 Å². The zero-order valence-electron chi connectivity index (χ0n) is 11.2. The molecule has 1 aromatic rings. The van der Waals surface area contributed by atoms with Crippen molar-refractivity contribution >= 4 is 17.5 Å². The van der Waals surface area contributed by atoms with Crippen LogP contribution in [0.5, 0.6) is 0 Å². The molecular formula is C15H21ClN2O. The van der Waals surface area contributed by atoms with E-state index in [-0.39, 0.29) is 17.9 Å². The molecule has 1 amide bonds. The van der Waals surface area contributed by atoms with Crippen molar-refractivity contribution in [3.63, 3.8) is 0 Å². The Kier molecular flexibility index (Phi) is 4.83. The number of carbonyl (C=O) groups excluding carboxylic acids is 1. The molecule has 1 aromatic carbocycles. The van der Waals surface area contributed by atoms with Gasteiger partial charge in [0, 0.05) is 10.9 Å². The van der Waals surface area contributed by atoms with Crippen molar-refractivity contribution in [1.29, 1.82) is 0 Å². The molecule has 0 spiro atoms. The fourth-order valence-corrected chi connectivity index (χ4v) is 2.95. The second-order valence-corrected chi connectivity index (χ2v) is 5.75. The van der Waals surface area contributed by atoms with Gasteiger partial charge in [-0.15, -0.1) is 0 Å². The van der Waals surface area contributed by atoms with E-state index in [0.29, 0.717) is 17.5 Å². The molecule has 3 atom stereocenters. The number of hydrogen-bond acceptors (Lipinski definition) is 2. The van der Waals surface area contributed by atoms with Crippen LogP contribution in [0.1, 0.15) is 37.8 Å². The molecule has 0 heterocycles. The molecule has 0 aliphatic heterocycles. The molecule has 0 aromatic heterocycles. The normalized spacial score (nSPS) is 24.2. The minimum atomic E-state index is 0.00351. The van der Waals surface area contributed by atoms with Crippen molar-refractivity contribution in [2.75, 3.05) is 6.54 Å². The maximum atomic E-state index is 12.3. The predicted molar refractivity (Wildman–Crippen MR) is 77.9 cm³/mol. The first-order valence-corrected chi connectivity index (χ1v) is 7.25. The maximum absolute atomic E-state index is 12.3. The molecule has 1 aliphatic carbocycles. The lowest BCUT2D eigenvalue weighted by Gasteiger charge is -2.21. The van der Waals surface area contributed by atoms with Gasteiger partial charge in [0.2, 0.25) is 5.91 Å². The summed E-state index contributed by atoms with van der Waals surface area (Å²) < 4.78 is 0. The third-order valence-corrected chi connectivity index (χ3v) is 4.28. The highest BCUT2D eigenvalue weighted by Crippen LogP contribution is 2.31. The number of halogens is 1. The minimum Gasteiger partial charge on any atom is -0.349 e. The van der Waals surface area contributed by atoms with Crippen molar-refractivity contribution in [3.05, 3.63) is 34.9 Å². The van der Waals surface area contributed by atoms with E-state index in [4.69, 9.17) is 17.3 Å². The molecular weight excluding hydrogens is 260 g/mol. The van der Waals surface area contributed by atoms with Gasteiger partial charge in [0.15, 0.2) is 0 Å². The van der Waals surface area contributed by atoms with Gasteiger partial charge in [0.25, 0.3) is 0 Å². The Labute approximate surface area is 119 Å². The van der Waals surface area contributed by atoms with E-state index in [0.717, 1.165) is 24.8 Å². The average Bonchev–Trinajstić information content (AvgIpc) is 2.87. The molecule has 3 nitrogen and oxygen atoms in total. The molecule has 19 heavy (non-hydrogen) atoms. The molecule has 1 saturated carbocycles. The van der Waals surface area contributed by atoms with Gasteiger partial charge in [0.05, 0.1) is 6.04 Å². The fourth-order valence-electron chi connectivity index (χ4n) is 2.82. The van der Waals surface area contributed by atoms with E-state index in [1.54, 1.807) is 0 Å². The summed E-state index contributed by atoms with van der Waals surface area (Å²) >= 11 is 5.86. The standard InChI is InChI=1S/C15H21ClN2O/c1-10(11-5-7-13(16)8-6-11)18-15(19)14-4-2-3-12(14)9-17/h5-8,10,12,14H,2-4,9,17H2,1H3,(H,18,19)/t10?,12-,14-/m1/s1. The zero-order valence-corrected chi connectivity index (χ0v) is 12.0. The van der Waals surface area contributed by atoms with Crippen molar-refractivity contribution in [2.45, 2.75) is 32.2 Å². The Morgan fingerprint density at radius 2 is 2.11 bits per heavy atom. The SMILES string of the molecule is CC(NC(=O)[C@@H]1CCC[C@@H]1CN)c1ccc(Cl)cc1. The van der Waals surface area contributed by atoms with Crippen LogP contribution in [-0.4, -0.2) is 12.5 Å². The second kappa shape index (κ2) is 6.40. The minimum absolute atomic E-state index is 0.00351. The topological polar surface area (TPSA) is 55.1 Å². The van der Waals surface area contributed by atoms with Crippen molar-refractivity contribution < 1.29 is 4.79 Å². The van der Waals surface area contributed by atoms with Crippen LogP contribution in [0, 0.1) is 11.8 Å². The number of nitrogens with one attached hydrogen (secondary N) is 1. The second-order valence-electron chi connectivity index (χ2n) is 5.32. The first-order chi connectivity index (χ1) is 9.11. The summed E-state index contributed by atoms with van der Waals surface area (Å²) in [6, 6.07) is 7.59. The summed E-state index contributed by atoms with van der Waals surface area (Å²) in [6.07, 6.45) is 3.14. The largest absolute Gasteiger partial charge is 0.349 e. The summed E-state index contributed by atoms with van der Waals surface area (Å²) in [6.45, 7) is 2.60. The van der Waals surface area contributed by atoms with Gasteiger partial charge in [-0.05, 0) is 49.9 Å². The number of nitrogens with two attached hydrogens (primary N) is 1. The van der Waals surface area contributed by atoms with Crippen LogP contribution in [0.25, 0.3) is 0 Å². The molecule has 2 rings (SSSR count). The predicted octanol–water partition coefficient (Wildman–Crippen LogP) is 2.89. The molecule has 1 unspecified atom stereocenters. The number of hydrogen-bond donors (Lipinski definition) is 2. The van der Waals surface area contributed by atoms with Gasteiger partial charge >= 0.3 is 0 Å². The first kappa shape index (κ1) is 14.4. The van der Waals surface area contributed by atoms with Crippen LogP contribution in [0.4, 0.5) is 0 Å². The molecule has 1 aliphatic rings. The molecule has 104 valence electrons. The lowest BCUT2D eigenvalue weighted by atomic mass is 9.95. The van der Waals surface area contributed by atoms with Crippen LogP contribution in [0.15, 0.2) is 24.3 Å². The van der Waals surface area contributed by atoms with Crippen molar-refractivity contribution in [1.82, 2.24) is 5.32 Å². The van der Waals surface area contributed by atoms with Gasteiger partial charge in [-0.25, -0.2) is 0 Å². The highest BCUT2D eigenvalue weighted by atomic mass is 35.5. The van der Waals surface area contributed by atoms with Crippen LogP contribution >= 0.6 is 11.6 Å². The van der Waals surface area contributed by atoms with E-state index in [1.807, 2.05) is 31.2 Å². The van der Waals surface area contributed by atoms with Gasteiger partial charge in [-0.1, -0.05) is 30.2 Å². The molecule has 0 saturated heterocycles. The van der Waals surface area contributed by atoms with E-state index >= 15 is 0 Å². The summed E-state index contributed by atoms with van der Waals surface area (Å²) in [5, 5.41) is 3.79. The summed E-state index contributed by atoms with van der Waals surface area (Å²) in [5.41, 5.74) is 6.80. The number of benzene rings is 1. The zero-order chi connectivity index (χ0) is 13.8. The smallest absolute Gasteiger partial charge is 0.223 e. The summed E-state index contributed by atoms with van der Waals surface area (Å²) in [4.78, 5) is 12.3. The Morgan fingerprint density at radius 3 is 2.74 bits per heavy atom. The van der Waals surface area contributed by atoms with Crippen molar-refractivity contribution in [3.8, 4) is 0 Å². The highest BCUT2D eigenvalue weighted by Gasteiger charge is 2.32. The van der Waals surface area contributed by atoms with Crippen LogP contribution in [0.2, 0.25) is 5.02 Å². The Balaban J connectivity index is 1.96. The van der Waals surface area contributed by atoms with Gasteiger partial charge in [0.1, 0.15) is 0 Å². The van der Waals surface area contributed by atoms with E-state index in [1.165, 1.54) is 0 Å². The molecule has 4 heteroatoms. The molecule has 1 fully saturated rings. The fraction of sp³-hybridized carbons (Fsp3) is 0.533. The average molecular weight is 281 g/mol. The Bertz CT molecular complexity index is 432. The lowest BCUT2D eigenvalue weighted by molar-refractivity contribution is -0.126. The molecule has 0 bridgehead atoms. The van der Waals surface area contributed by atoms with E-state index in [9.17, 15) is 4.79 Å². The monoisotopic (exact) mass is 280 g/mol. The van der Waals surface area contributed by atoms with Gasteiger partial charge < -0.3 is 11.1 Å². The third kappa shape index (κ3) is 3.48. The third-order valence-electron chi connectivity index (χ3n) is 4.03. The number of amides is 1. The summed E-state index contributed by atoms with van der Waals surface area (Å²) in [5.74, 6) is 0.563. The van der Waals surface area contributed by atoms with Gasteiger partial charge in [-0.3, -0.25) is 4.79 Å². The van der Waals surface area contributed by atoms with Crippen LogP contribution in [-0.2, 0) is 4.79 Å². The Hall–Kier alpha value is -1.06. The summed E-state index contributed by atoms with van der Waals surface area (Å²) in [7, 11) is 0. The highest BCUT2D eigenvalue weighted by molar-refractivity contribution is 6.30. The van der Waals surface area contributed by atoms with Crippen molar-refractivity contribution in [2.24, 2.45) is 17.6 Å². The first-order valence-electron chi connectivity index (χ1n) is 6.87.